The Labute approximate surface area is 149 Å². The van der Waals surface area contributed by atoms with Crippen LogP contribution >= 0.6 is 0 Å². The van der Waals surface area contributed by atoms with Crippen molar-refractivity contribution < 1.29 is 13.2 Å². The predicted octanol–water partition coefficient (Wildman–Crippen LogP) is 1.92. The summed E-state index contributed by atoms with van der Waals surface area (Å²) >= 11 is 0. The SMILES string of the molecule is CC(C)n1cnc(S(=O)(=O)N2CCC[C@H](C(=O)NC3CCCC3)C2)c1. The summed E-state index contributed by atoms with van der Waals surface area (Å²) in [6.45, 7) is 4.64. The molecule has 0 spiro atoms. The maximum atomic E-state index is 12.9. The molecule has 7 nitrogen and oxygen atoms in total. The zero-order valence-electron chi connectivity index (χ0n) is 15.0. The highest BCUT2D eigenvalue weighted by Crippen LogP contribution is 2.25. The number of sulfonamides is 1. The Morgan fingerprint density at radius 3 is 2.60 bits per heavy atom. The first-order chi connectivity index (χ1) is 11.9. The molecule has 8 heteroatoms. The number of nitrogens with one attached hydrogen (secondary N) is 1. The second-order valence-corrected chi connectivity index (χ2v) is 9.33. The fourth-order valence-corrected chi connectivity index (χ4v) is 5.08. The second kappa shape index (κ2) is 7.45. The lowest BCUT2D eigenvalue weighted by Gasteiger charge is -2.31. The van der Waals surface area contributed by atoms with Crippen molar-refractivity contribution in [1.82, 2.24) is 19.2 Å². The highest BCUT2D eigenvalue weighted by atomic mass is 32.2. The summed E-state index contributed by atoms with van der Waals surface area (Å²) in [7, 11) is -3.65. The molecular weight excluding hydrogens is 340 g/mol. The molecule has 2 aliphatic rings. The minimum atomic E-state index is -3.65. The van der Waals surface area contributed by atoms with E-state index in [1.54, 1.807) is 17.1 Å². The molecule has 1 aliphatic heterocycles. The minimum absolute atomic E-state index is 0.000454. The number of piperidine rings is 1. The van der Waals surface area contributed by atoms with Gasteiger partial charge in [0.1, 0.15) is 0 Å². The van der Waals surface area contributed by atoms with Crippen molar-refractivity contribution in [2.75, 3.05) is 13.1 Å². The molecule has 1 aromatic heterocycles. The van der Waals surface area contributed by atoms with E-state index >= 15 is 0 Å². The van der Waals surface area contributed by atoms with Gasteiger partial charge in [0.15, 0.2) is 5.03 Å². The van der Waals surface area contributed by atoms with Gasteiger partial charge in [-0.2, -0.15) is 4.31 Å². The summed E-state index contributed by atoms with van der Waals surface area (Å²) < 4.78 is 28.9. The van der Waals surface area contributed by atoms with E-state index < -0.39 is 10.0 Å². The fraction of sp³-hybridized carbons (Fsp3) is 0.765. The van der Waals surface area contributed by atoms with Crippen LogP contribution in [-0.2, 0) is 14.8 Å². The molecule has 1 aromatic rings. The zero-order valence-corrected chi connectivity index (χ0v) is 15.8. The molecule has 1 aliphatic carbocycles. The van der Waals surface area contributed by atoms with Crippen molar-refractivity contribution in [1.29, 1.82) is 0 Å². The van der Waals surface area contributed by atoms with Crippen molar-refractivity contribution in [2.24, 2.45) is 5.92 Å². The van der Waals surface area contributed by atoms with E-state index in [2.05, 4.69) is 10.3 Å². The van der Waals surface area contributed by atoms with Crippen molar-refractivity contribution in [3.05, 3.63) is 12.5 Å². The molecule has 2 heterocycles. The van der Waals surface area contributed by atoms with Gasteiger partial charge in [0.2, 0.25) is 5.91 Å². The molecule has 1 atom stereocenters. The third-order valence-electron chi connectivity index (χ3n) is 5.23. The number of hydrogen-bond donors (Lipinski definition) is 1. The molecule has 1 saturated carbocycles. The molecule has 1 N–H and O–H groups in total. The molecule has 3 rings (SSSR count). The van der Waals surface area contributed by atoms with Crippen molar-refractivity contribution in [2.45, 2.75) is 69.5 Å². The van der Waals surface area contributed by atoms with E-state index in [4.69, 9.17) is 0 Å². The summed E-state index contributed by atoms with van der Waals surface area (Å²) in [5.41, 5.74) is 0. The molecule has 0 aromatic carbocycles. The molecule has 1 saturated heterocycles. The predicted molar refractivity (Wildman–Crippen MR) is 94.5 cm³/mol. The number of hydrogen-bond acceptors (Lipinski definition) is 4. The number of aromatic nitrogens is 2. The first-order valence-electron chi connectivity index (χ1n) is 9.22. The standard InChI is InChI=1S/C17H28N4O3S/c1-13(2)20-11-16(18-12-20)25(23,24)21-9-5-6-14(10-21)17(22)19-15-7-3-4-8-15/h11-15H,3-10H2,1-2H3,(H,19,22)/t14-/m0/s1. The van der Waals surface area contributed by atoms with E-state index in [1.165, 1.54) is 4.31 Å². The summed E-state index contributed by atoms with van der Waals surface area (Å²) in [6.07, 6.45) is 8.95. The summed E-state index contributed by atoms with van der Waals surface area (Å²) in [4.78, 5) is 16.6. The Morgan fingerprint density at radius 1 is 1.24 bits per heavy atom. The monoisotopic (exact) mass is 368 g/mol. The van der Waals surface area contributed by atoms with E-state index in [1.807, 2.05) is 13.8 Å². The molecular formula is C17H28N4O3S. The van der Waals surface area contributed by atoms with Gasteiger partial charge in [-0.3, -0.25) is 4.79 Å². The third kappa shape index (κ3) is 4.06. The molecule has 25 heavy (non-hydrogen) atoms. The topological polar surface area (TPSA) is 84.3 Å². The number of amides is 1. The van der Waals surface area contributed by atoms with Crippen molar-refractivity contribution >= 4 is 15.9 Å². The van der Waals surface area contributed by atoms with Gasteiger partial charge in [0.05, 0.1) is 12.2 Å². The number of nitrogens with zero attached hydrogens (tertiary/aromatic N) is 3. The number of carbonyl (C=O) groups excluding carboxylic acids is 1. The van der Waals surface area contributed by atoms with Gasteiger partial charge >= 0.3 is 0 Å². The minimum Gasteiger partial charge on any atom is -0.353 e. The molecule has 0 bridgehead atoms. The van der Waals surface area contributed by atoms with Gasteiger partial charge in [0.25, 0.3) is 10.0 Å². The van der Waals surface area contributed by atoms with Gasteiger partial charge < -0.3 is 9.88 Å². The quantitative estimate of drug-likeness (QED) is 0.861. The van der Waals surface area contributed by atoms with Crippen LogP contribution in [0.5, 0.6) is 0 Å². The fourth-order valence-electron chi connectivity index (χ4n) is 3.63. The largest absolute Gasteiger partial charge is 0.353 e. The number of imidazole rings is 1. The van der Waals surface area contributed by atoms with Gasteiger partial charge in [-0.05, 0) is 39.5 Å². The van der Waals surface area contributed by atoms with Crippen LogP contribution in [0.4, 0.5) is 0 Å². The summed E-state index contributed by atoms with van der Waals surface area (Å²) in [5.74, 6) is -0.268. The van der Waals surface area contributed by atoms with Crippen molar-refractivity contribution in [3.63, 3.8) is 0 Å². The molecule has 2 fully saturated rings. The summed E-state index contributed by atoms with van der Waals surface area (Å²) in [5, 5.41) is 3.17. The van der Waals surface area contributed by atoms with Gasteiger partial charge in [0, 0.05) is 31.4 Å². The Bertz CT molecular complexity index is 707. The average Bonchev–Trinajstić information content (AvgIpc) is 3.26. The van der Waals surface area contributed by atoms with Crippen molar-refractivity contribution in [3.8, 4) is 0 Å². The van der Waals surface area contributed by atoms with E-state index in [9.17, 15) is 13.2 Å². The van der Waals surface area contributed by atoms with E-state index in [-0.39, 0.29) is 35.5 Å². The van der Waals surface area contributed by atoms with Gasteiger partial charge in [-0.25, -0.2) is 13.4 Å². The molecule has 140 valence electrons. The maximum absolute atomic E-state index is 12.9. The lowest BCUT2D eigenvalue weighted by molar-refractivity contribution is -0.126. The van der Waals surface area contributed by atoms with Crippen LogP contribution in [0.1, 0.15) is 58.4 Å². The first kappa shape index (κ1) is 18.4. The van der Waals surface area contributed by atoms with Crippen LogP contribution in [-0.4, -0.2) is 47.3 Å². The number of carbonyl (C=O) groups is 1. The van der Waals surface area contributed by atoms with Crippen LogP contribution in [0.2, 0.25) is 0 Å². The molecule has 0 unspecified atom stereocenters. The zero-order chi connectivity index (χ0) is 18.0. The Morgan fingerprint density at radius 2 is 1.96 bits per heavy atom. The normalized spacial score (nSPS) is 23.2. The van der Waals surface area contributed by atoms with Crippen LogP contribution in [0.25, 0.3) is 0 Å². The van der Waals surface area contributed by atoms with Gasteiger partial charge in [-0.15, -0.1) is 0 Å². The number of rotatable bonds is 5. The van der Waals surface area contributed by atoms with Crippen LogP contribution in [0.15, 0.2) is 17.6 Å². The highest BCUT2D eigenvalue weighted by Gasteiger charge is 2.35. The second-order valence-electron chi connectivity index (χ2n) is 7.45. The first-order valence-corrected chi connectivity index (χ1v) is 10.7. The average molecular weight is 369 g/mol. The van der Waals surface area contributed by atoms with E-state index in [0.717, 1.165) is 32.1 Å². The van der Waals surface area contributed by atoms with Gasteiger partial charge in [-0.1, -0.05) is 12.8 Å². The molecule has 1 amide bonds. The highest BCUT2D eigenvalue weighted by molar-refractivity contribution is 7.89. The van der Waals surface area contributed by atoms with Crippen LogP contribution < -0.4 is 5.32 Å². The maximum Gasteiger partial charge on any atom is 0.262 e. The van der Waals surface area contributed by atoms with E-state index in [0.29, 0.717) is 13.0 Å². The van der Waals surface area contributed by atoms with Crippen LogP contribution in [0.3, 0.4) is 0 Å². The Balaban J connectivity index is 1.67. The summed E-state index contributed by atoms with van der Waals surface area (Å²) in [6, 6.07) is 0.420. The molecule has 0 radical (unpaired) electrons. The Kier molecular flexibility index (Phi) is 5.48. The Hall–Kier alpha value is -1.41. The lowest BCUT2D eigenvalue weighted by atomic mass is 9.98. The lowest BCUT2D eigenvalue weighted by Crippen LogP contribution is -2.47. The smallest absolute Gasteiger partial charge is 0.262 e. The van der Waals surface area contributed by atoms with Crippen LogP contribution in [0, 0.1) is 5.92 Å². The third-order valence-corrected chi connectivity index (χ3v) is 6.99.